The van der Waals surface area contributed by atoms with Crippen molar-refractivity contribution in [2.24, 2.45) is 4.99 Å². The van der Waals surface area contributed by atoms with Crippen molar-refractivity contribution in [1.82, 2.24) is 15.5 Å². The van der Waals surface area contributed by atoms with Gasteiger partial charge in [0.2, 0.25) is 0 Å². The molecule has 1 aromatic rings. The summed E-state index contributed by atoms with van der Waals surface area (Å²) in [5.74, 6) is 2.35. The van der Waals surface area contributed by atoms with E-state index in [1.807, 2.05) is 13.1 Å². The molecular formula is C18H28N4O2. The maximum atomic E-state index is 5.73. The van der Waals surface area contributed by atoms with Gasteiger partial charge < -0.3 is 20.1 Å². The Morgan fingerprint density at radius 3 is 2.88 bits per heavy atom. The number of nitrogens with one attached hydrogen (secondary N) is 2. The Morgan fingerprint density at radius 1 is 1.21 bits per heavy atom. The smallest absolute Gasteiger partial charge is 0.191 e. The van der Waals surface area contributed by atoms with Crippen LogP contribution in [-0.2, 0) is 4.74 Å². The summed E-state index contributed by atoms with van der Waals surface area (Å²) in [4.78, 5) is 6.75. The van der Waals surface area contributed by atoms with E-state index in [4.69, 9.17) is 9.47 Å². The van der Waals surface area contributed by atoms with E-state index in [2.05, 4.69) is 38.7 Å². The number of hydrogen-bond acceptors (Lipinski definition) is 4. The van der Waals surface area contributed by atoms with Crippen molar-refractivity contribution >= 4 is 5.96 Å². The topological polar surface area (TPSA) is 58.1 Å². The minimum atomic E-state index is 0.466. The third kappa shape index (κ3) is 4.61. The standard InChI is InChI=1S/C18H28N4O2/c1-19-18(20-7-8-22-9-12-23-13-10-22)21-14-15-6-11-24-17-5-3-2-4-16(15)17/h2-5,15H,6-14H2,1H3,(H2,19,20,21). The lowest BCUT2D eigenvalue weighted by molar-refractivity contribution is 0.0389. The summed E-state index contributed by atoms with van der Waals surface area (Å²) in [6, 6.07) is 8.32. The highest BCUT2D eigenvalue weighted by Crippen LogP contribution is 2.32. The molecule has 24 heavy (non-hydrogen) atoms. The summed E-state index contributed by atoms with van der Waals surface area (Å²) in [5.41, 5.74) is 1.29. The van der Waals surface area contributed by atoms with Gasteiger partial charge in [-0.15, -0.1) is 0 Å². The van der Waals surface area contributed by atoms with Gasteiger partial charge in [-0.25, -0.2) is 0 Å². The molecule has 0 bridgehead atoms. The molecule has 3 rings (SSSR count). The fraction of sp³-hybridized carbons (Fsp3) is 0.611. The maximum absolute atomic E-state index is 5.73. The van der Waals surface area contributed by atoms with Crippen LogP contribution in [0.5, 0.6) is 5.75 Å². The number of nitrogens with zero attached hydrogens (tertiary/aromatic N) is 2. The van der Waals surface area contributed by atoms with Crippen LogP contribution < -0.4 is 15.4 Å². The average Bonchev–Trinajstić information content (AvgIpc) is 2.65. The van der Waals surface area contributed by atoms with E-state index in [0.29, 0.717) is 5.92 Å². The van der Waals surface area contributed by atoms with Gasteiger partial charge in [0.25, 0.3) is 0 Å². The summed E-state index contributed by atoms with van der Waals surface area (Å²) >= 11 is 0. The Kier molecular flexibility index (Phi) is 6.32. The van der Waals surface area contributed by atoms with Crippen LogP contribution in [0.25, 0.3) is 0 Å². The lowest BCUT2D eigenvalue weighted by Crippen LogP contribution is -2.45. The number of benzene rings is 1. The third-order valence-electron chi connectivity index (χ3n) is 4.65. The van der Waals surface area contributed by atoms with Gasteiger partial charge in [0.15, 0.2) is 5.96 Å². The number of aliphatic imine (C=N–C) groups is 1. The molecule has 0 amide bonds. The molecule has 6 heteroatoms. The molecule has 0 spiro atoms. The monoisotopic (exact) mass is 332 g/mol. The normalized spacial score (nSPS) is 21.7. The summed E-state index contributed by atoms with van der Waals surface area (Å²) < 4.78 is 11.1. The van der Waals surface area contributed by atoms with Crippen molar-refractivity contribution in [1.29, 1.82) is 0 Å². The van der Waals surface area contributed by atoms with E-state index in [0.717, 1.165) is 70.7 Å². The van der Waals surface area contributed by atoms with Gasteiger partial charge >= 0.3 is 0 Å². The quantitative estimate of drug-likeness (QED) is 0.623. The van der Waals surface area contributed by atoms with E-state index < -0.39 is 0 Å². The van der Waals surface area contributed by atoms with Crippen molar-refractivity contribution in [2.45, 2.75) is 12.3 Å². The van der Waals surface area contributed by atoms with E-state index in [1.165, 1.54) is 5.56 Å². The lowest BCUT2D eigenvalue weighted by Gasteiger charge is -2.28. The Morgan fingerprint density at radius 2 is 2.04 bits per heavy atom. The lowest BCUT2D eigenvalue weighted by atomic mass is 9.93. The van der Waals surface area contributed by atoms with E-state index in [-0.39, 0.29) is 0 Å². The van der Waals surface area contributed by atoms with Crippen molar-refractivity contribution in [2.75, 3.05) is 59.6 Å². The molecule has 1 saturated heterocycles. The molecule has 2 aliphatic rings. The molecule has 1 aromatic carbocycles. The van der Waals surface area contributed by atoms with Crippen LogP contribution in [0.3, 0.4) is 0 Å². The number of rotatable bonds is 5. The second kappa shape index (κ2) is 8.89. The van der Waals surface area contributed by atoms with Crippen LogP contribution in [0.4, 0.5) is 0 Å². The molecule has 132 valence electrons. The fourth-order valence-electron chi connectivity index (χ4n) is 3.23. The highest BCUT2D eigenvalue weighted by atomic mass is 16.5. The van der Waals surface area contributed by atoms with E-state index in [1.54, 1.807) is 0 Å². The minimum absolute atomic E-state index is 0.466. The van der Waals surface area contributed by atoms with Gasteiger partial charge in [0, 0.05) is 45.7 Å². The van der Waals surface area contributed by atoms with Gasteiger partial charge in [0.05, 0.1) is 19.8 Å². The summed E-state index contributed by atoms with van der Waals surface area (Å²) in [6.45, 7) is 7.30. The highest BCUT2D eigenvalue weighted by molar-refractivity contribution is 5.79. The van der Waals surface area contributed by atoms with Crippen molar-refractivity contribution in [3.8, 4) is 5.75 Å². The molecule has 2 heterocycles. The first-order chi connectivity index (χ1) is 11.9. The molecular weight excluding hydrogens is 304 g/mol. The molecule has 2 aliphatic heterocycles. The summed E-state index contributed by atoms with van der Waals surface area (Å²) in [6.07, 6.45) is 1.04. The van der Waals surface area contributed by atoms with Gasteiger partial charge in [-0.1, -0.05) is 18.2 Å². The van der Waals surface area contributed by atoms with E-state index in [9.17, 15) is 0 Å². The summed E-state index contributed by atoms with van der Waals surface area (Å²) in [5, 5.41) is 6.86. The van der Waals surface area contributed by atoms with Gasteiger partial charge in [-0.2, -0.15) is 0 Å². The number of para-hydroxylation sites is 1. The molecule has 0 aromatic heterocycles. The van der Waals surface area contributed by atoms with E-state index >= 15 is 0 Å². The Balaban J connectivity index is 1.43. The van der Waals surface area contributed by atoms with Crippen LogP contribution >= 0.6 is 0 Å². The zero-order valence-electron chi connectivity index (χ0n) is 14.5. The second-order valence-electron chi connectivity index (χ2n) is 6.21. The SMILES string of the molecule is CN=C(NCCN1CCOCC1)NCC1CCOc2ccccc21. The largest absolute Gasteiger partial charge is 0.493 e. The predicted octanol–water partition coefficient (Wildman–Crippen LogP) is 1.05. The first-order valence-corrected chi connectivity index (χ1v) is 8.83. The first kappa shape index (κ1) is 17.0. The molecule has 0 saturated carbocycles. The third-order valence-corrected chi connectivity index (χ3v) is 4.65. The zero-order valence-corrected chi connectivity index (χ0v) is 14.5. The van der Waals surface area contributed by atoms with Gasteiger partial charge in [-0.05, 0) is 18.1 Å². The van der Waals surface area contributed by atoms with Crippen LogP contribution in [0, 0.1) is 0 Å². The van der Waals surface area contributed by atoms with Crippen LogP contribution in [0.15, 0.2) is 29.3 Å². The average molecular weight is 332 g/mol. The number of fused-ring (bicyclic) bond motifs is 1. The molecule has 0 aliphatic carbocycles. The van der Waals surface area contributed by atoms with Crippen molar-refractivity contribution < 1.29 is 9.47 Å². The Hall–Kier alpha value is -1.79. The number of guanidine groups is 1. The highest BCUT2D eigenvalue weighted by Gasteiger charge is 2.21. The molecule has 1 atom stereocenters. The Bertz CT molecular complexity index is 544. The second-order valence-corrected chi connectivity index (χ2v) is 6.21. The van der Waals surface area contributed by atoms with Crippen LogP contribution in [0.2, 0.25) is 0 Å². The molecule has 6 nitrogen and oxygen atoms in total. The first-order valence-electron chi connectivity index (χ1n) is 8.83. The van der Waals surface area contributed by atoms with Gasteiger partial charge in [-0.3, -0.25) is 9.89 Å². The molecule has 0 radical (unpaired) electrons. The van der Waals surface area contributed by atoms with Crippen LogP contribution in [0.1, 0.15) is 17.9 Å². The van der Waals surface area contributed by atoms with Crippen LogP contribution in [-0.4, -0.2) is 70.5 Å². The fourth-order valence-corrected chi connectivity index (χ4v) is 3.23. The number of morpholine rings is 1. The number of hydrogen-bond donors (Lipinski definition) is 2. The zero-order chi connectivity index (χ0) is 16.6. The summed E-state index contributed by atoms with van der Waals surface area (Å²) in [7, 11) is 1.82. The molecule has 2 N–H and O–H groups in total. The van der Waals surface area contributed by atoms with Crippen molar-refractivity contribution in [3.63, 3.8) is 0 Å². The predicted molar refractivity (Wildman–Crippen MR) is 95.9 cm³/mol. The molecule has 1 unspecified atom stereocenters. The Labute approximate surface area is 144 Å². The number of ether oxygens (including phenoxy) is 2. The van der Waals surface area contributed by atoms with Crippen molar-refractivity contribution in [3.05, 3.63) is 29.8 Å². The minimum Gasteiger partial charge on any atom is -0.493 e. The maximum Gasteiger partial charge on any atom is 0.191 e. The van der Waals surface area contributed by atoms with Gasteiger partial charge in [0.1, 0.15) is 5.75 Å². The molecule has 1 fully saturated rings.